The summed E-state index contributed by atoms with van der Waals surface area (Å²) in [5.74, 6) is 2.00. The van der Waals surface area contributed by atoms with Crippen LogP contribution in [0.4, 0.5) is 0 Å². The molecule has 0 unspecified atom stereocenters. The Morgan fingerprint density at radius 3 is 3.08 bits per heavy atom. The van der Waals surface area contributed by atoms with Crippen LogP contribution in [0.15, 0.2) is 36.5 Å². The van der Waals surface area contributed by atoms with Crippen molar-refractivity contribution in [2.75, 3.05) is 19.9 Å². The van der Waals surface area contributed by atoms with Crippen LogP contribution in [-0.2, 0) is 11.2 Å². The Bertz CT molecular complexity index is 738. The zero-order chi connectivity index (χ0) is 16.4. The zero-order valence-electron chi connectivity index (χ0n) is 13.1. The van der Waals surface area contributed by atoms with Crippen LogP contribution in [0.5, 0.6) is 17.4 Å². The summed E-state index contributed by atoms with van der Waals surface area (Å²) in [4.78, 5) is 14.3. The highest BCUT2D eigenvalue weighted by atomic mass is 16.7. The van der Waals surface area contributed by atoms with Gasteiger partial charge in [-0.15, -0.1) is 5.10 Å². The van der Waals surface area contributed by atoms with Gasteiger partial charge in [-0.2, -0.15) is 5.10 Å². The highest BCUT2D eigenvalue weighted by molar-refractivity contribution is 5.79. The van der Waals surface area contributed by atoms with E-state index in [0.29, 0.717) is 31.1 Å². The molecule has 3 heterocycles. The van der Waals surface area contributed by atoms with Crippen LogP contribution in [-0.4, -0.2) is 47.0 Å². The summed E-state index contributed by atoms with van der Waals surface area (Å²) in [7, 11) is 0. The lowest BCUT2D eigenvalue weighted by atomic mass is 10.1. The number of nitrogens with zero attached hydrogens (tertiary/aromatic N) is 3. The number of aromatic nitrogens is 2. The van der Waals surface area contributed by atoms with Gasteiger partial charge in [0.1, 0.15) is 6.10 Å². The van der Waals surface area contributed by atoms with Crippen molar-refractivity contribution in [1.82, 2.24) is 15.1 Å². The molecule has 0 spiro atoms. The second-order valence-corrected chi connectivity index (χ2v) is 5.79. The summed E-state index contributed by atoms with van der Waals surface area (Å²) in [6, 6.07) is 9.15. The molecule has 0 bridgehead atoms. The molecule has 2 aliphatic heterocycles. The third-order valence-electron chi connectivity index (χ3n) is 4.13. The third kappa shape index (κ3) is 3.10. The van der Waals surface area contributed by atoms with Gasteiger partial charge in [-0.05, 0) is 23.8 Å². The first kappa shape index (κ1) is 14.7. The second-order valence-electron chi connectivity index (χ2n) is 5.79. The fourth-order valence-electron chi connectivity index (χ4n) is 2.91. The fourth-order valence-corrected chi connectivity index (χ4v) is 2.91. The van der Waals surface area contributed by atoms with Gasteiger partial charge >= 0.3 is 0 Å². The van der Waals surface area contributed by atoms with Gasteiger partial charge in [0, 0.05) is 25.2 Å². The minimum absolute atomic E-state index is 0.0394. The minimum Gasteiger partial charge on any atom is -0.471 e. The van der Waals surface area contributed by atoms with E-state index in [4.69, 9.17) is 14.2 Å². The van der Waals surface area contributed by atoms with Crippen molar-refractivity contribution >= 4 is 5.91 Å². The molecule has 1 aromatic heterocycles. The molecule has 7 nitrogen and oxygen atoms in total. The molecule has 24 heavy (non-hydrogen) atoms. The van der Waals surface area contributed by atoms with Crippen molar-refractivity contribution in [3.05, 3.63) is 42.1 Å². The largest absolute Gasteiger partial charge is 0.471 e. The lowest BCUT2D eigenvalue weighted by molar-refractivity contribution is -0.129. The monoisotopic (exact) mass is 327 g/mol. The Balaban J connectivity index is 1.34. The number of hydrogen-bond acceptors (Lipinski definition) is 6. The van der Waals surface area contributed by atoms with Gasteiger partial charge in [0.05, 0.1) is 13.0 Å². The quantitative estimate of drug-likeness (QED) is 0.846. The van der Waals surface area contributed by atoms with Crippen molar-refractivity contribution in [3.8, 4) is 17.4 Å². The molecule has 0 aliphatic carbocycles. The van der Waals surface area contributed by atoms with E-state index in [-0.39, 0.29) is 18.8 Å². The van der Waals surface area contributed by atoms with Crippen LogP contribution in [0.25, 0.3) is 0 Å². The zero-order valence-corrected chi connectivity index (χ0v) is 13.1. The van der Waals surface area contributed by atoms with E-state index in [2.05, 4.69) is 10.2 Å². The number of rotatable bonds is 4. The van der Waals surface area contributed by atoms with Gasteiger partial charge in [-0.1, -0.05) is 6.07 Å². The van der Waals surface area contributed by atoms with Crippen molar-refractivity contribution in [3.63, 3.8) is 0 Å². The average molecular weight is 327 g/mol. The Morgan fingerprint density at radius 1 is 1.29 bits per heavy atom. The summed E-state index contributed by atoms with van der Waals surface area (Å²) >= 11 is 0. The number of hydrogen-bond donors (Lipinski definition) is 0. The van der Waals surface area contributed by atoms with Crippen molar-refractivity contribution in [2.45, 2.75) is 18.9 Å². The maximum absolute atomic E-state index is 12.5. The summed E-state index contributed by atoms with van der Waals surface area (Å²) in [5, 5.41) is 7.70. The Labute approximate surface area is 139 Å². The maximum atomic E-state index is 12.5. The van der Waals surface area contributed by atoms with Crippen molar-refractivity contribution in [2.24, 2.45) is 0 Å². The van der Waals surface area contributed by atoms with E-state index >= 15 is 0 Å². The van der Waals surface area contributed by atoms with E-state index in [1.165, 1.54) is 0 Å². The molecule has 1 atom stereocenters. The van der Waals surface area contributed by atoms with E-state index in [1.807, 2.05) is 23.1 Å². The first-order chi connectivity index (χ1) is 11.8. The number of likely N-dealkylation sites (tertiary alicyclic amines) is 1. The highest BCUT2D eigenvalue weighted by Crippen LogP contribution is 2.32. The summed E-state index contributed by atoms with van der Waals surface area (Å²) in [6.45, 7) is 1.49. The molecule has 1 saturated heterocycles. The van der Waals surface area contributed by atoms with Gasteiger partial charge < -0.3 is 19.1 Å². The summed E-state index contributed by atoms with van der Waals surface area (Å²) in [5.41, 5.74) is 0.919. The molecule has 0 N–H and O–H groups in total. The Hall–Kier alpha value is -2.83. The fraction of sp³-hybridized carbons (Fsp3) is 0.353. The van der Waals surface area contributed by atoms with Gasteiger partial charge in [-0.3, -0.25) is 4.79 Å². The third-order valence-corrected chi connectivity index (χ3v) is 4.13. The van der Waals surface area contributed by atoms with Crippen molar-refractivity contribution < 1.29 is 19.0 Å². The Kier molecular flexibility index (Phi) is 3.90. The predicted octanol–water partition coefficient (Wildman–Crippen LogP) is 1.43. The molecule has 0 saturated carbocycles. The highest BCUT2D eigenvalue weighted by Gasteiger charge is 2.28. The predicted molar refractivity (Wildman–Crippen MR) is 83.9 cm³/mol. The normalized spacial score (nSPS) is 18.7. The number of amides is 1. The molecular formula is C17H17N3O4. The number of carbonyl (C=O) groups excluding carboxylic acids is 1. The van der Waals surface area contributed by atoms with E-state index in [1.54, 1.807) is 18.3 Å². The molecule has 2 aromatic rings. The van der Waals surface area contributed by atoms with Crippen LogP contribution in [0.3, 0.4) is 0 Å². The van der Waals surface area contributed by atoms with Crippen LogP contribution in [0.2, 0.25) is 0 Å². The van der Waals surface area contributed by atoms with Crippen molar-refractivity contribution in [1.29, 1.82) is 0 Å². The molecule has 1 amide bonds. The van der Waals surface area contributed by atoms with E-state index in [0.717, 1.165) is 17.7 Å². The molecule has 0 radical (unpaired) electrons. The van der Waals surface area contributed by atoms with Crippen LogP contribution >= 0.6 is 0 Å². The molecule has 124 valence electrons. The van der Waals surface area contributed by atoms with Gasteiger partial charge in [0.25, 0.3) is 0 Å². The minimum atomic E-state index is -0.0394. The smallest absolute Gasteiger partial charge is 0.233 e. The standard InChI is InChI=1S/C17H17N3O4/c21-17(9-12-3-4-14-15(8-12)23-11-22-14)20-7-5-13(10-20)24-16-2-1-6-18-19-16/h1-4,6,8,13H,5,7,9-11H2/t13-/m0/s1. The SMILES string of the molecule is O=C(Cc1ccc2c(c1)OCO2)N1CC[C@H](Oc2cccnn2)C1. The number of fused-ring (bicyclic) bond motifs is 1. The number of ether oxygens (including phenoxy) is 3. The number of benzene rings is 1. The topological polar surface area (TPSA) is 73.8 Å². The first-order valence-corrected chi connectivity index (χ1v) is 7.88. The first-order valence-electron chi connectivity index (χ1n) is 7.88. The summed E-state index contributed by atoms with van der Waals surface area (Å²) < 4.78 is 16.4. The van der Waals surface area contributed by atoms with Gasteiger partial charge in [0.2, 0.25) is 18.6 Å². The maximum Gasteiger partial charge on any atom is 0.233 e. The molecule has 2 aliphatic rings. The van der Waals surface area contributed by atoms with Gasteiger partial charge in [-0.25, -0.2) is 0 Å². The molecule has 7 heteroatoms. The Morgan fingerprint density at radius 2 is 2.21 bits per heavy atom. The summed E-state index contributed by atoms with van der Waals surface area (Å²) in [6.07, 6.45) is 2.70. The molecular weight excluding hydrogens is 310 g/mol. The molecule has 1 fully saturated rings. The van der Waals surface area contributed by atoms with Crippen LogP contribution in [0.1, 0.15) is 12.0 Å². The molecule has 1 aromatic carbocycles. The molecule has 4 rings (SSSR count). The van der Waals surface area contributed by atoms with E-state index in [9.17, 15) is 4.79 Å². The second kappa shape index (κ2) is 6.35. The van der Waals surface area contributed by atoms with E-state index < -0.39 is 0 Å². The van der Waals surface area contributed by atoms with Crippen LogP contribution < -0.4 is 14.2 Å². The number of carbonyl (C=O) groups is 1. The lowest BCUT2D eigenvalue weighted by Gasteiger charge is -2.17. The van der Waals surface area contributed by atoms with Crippen LogP contribution in [0, 0.1) is 0 Å². The van der Waals surface area contributed by atoms with Gasteiger partial charge in [0.15, 0.2) is 11.5 Å². The average Bonchev–Trinajstić information content (AvgIpc) is 3.24. The lowest BCUT2D eigenvalue weighted by Crippen LogP contribution is -2.32.